The number of hydrogen-bond acceptors (Lipinski definition) is 5. The Morgan fingerprint density at radius 2 is 1.73 bits per heavy atom. The fraction of sp³-hybridized carbons (Fsp3) is 0.409. The van der Waals surface area contributed by atoms with Crippen molar-refractivity contribution in [2.24, 2.45) is 0 Å². The van der Waals surface area contributed by atoms with Crippen molar-refractivity contribution in [2.45, 2.75) is 38.0 Å². The number of benzene rings is 2. The topological polar surface area (TPSA) is 84.9 Å². The summed E-state index contributed by atoms with van der Waals surface area (Å²) < 4.78 is 38.9. The maximum absolute atomic E-state index is 13.2. The highest BCUT2D eigenvalue weighted by Gasteiger charge is 2.29. The molecule has 2 aromatic rings. The highest BCUT2D eigenvalue weighted by Crippen LogP contribution is 2.31. The van der Waals surface area contributed by atoms with Gasteiger partial charge in [-0.25, -0.2) is 8.42 Å². The van der Waals surface area contributed by atoms with Gasteiger partial charge in [0.2, 0.25) is 10.0 Å². The highest BCUT2D eigenvalue weighted by molar-refractivity contribution is 7.89. The Labute approximate surface area is 178 Å². The zero-order valence-electron chi connectivity index (χ0n) is 17.4. The molecule has 8 heteroatoms. The van der Waals surface area contributed by atoms with E-state index in [4.69, 9.17) is 9.47 Å². The van der Waals surface area contributed by atoms with Gasteiger partial charge in [-0.1, -0.05) is 24.1 Å². The summed E-state index contributed by atoms with van der Waals surface area (Å²) in [5.41, 5.74) is 1.48. The SMILES string of the molecule is CCOc1ccc(NC(=O)COc2ccc(C)cc2)cc1S(=O)(=O)N1CCCCC1. The Balaban J connectivity index is 1.74. The largest absolute Gasteiger partial charge is 0.492 e. The predicted molar refractivity (Wildman–Crippen MR) is 116 cm³/mol. The van der Waals surface area contributed by atoms with Crippen LogP contribution in [0.2, 0.25) is 0 Å². The number of piperidine rings is 1. The summed E-state index contributed by atoms with van der Waals surface area (Å²) >= 11 is 0. The van der Waals surface area contributed by atoms with E-state index >= 15 is 0 Å². The van der Waals surface area contributed by atoms with Crippen LogP contribution in [0.1, 0.15) is 31.7 Å². The number of aryl methyl sites for hydroxylation is 1. The molecular weight excluding hydrogens is 404 g/mol. The van der Waals surface area contributed by atoms with E-state index in [9.17, 15) is 13.2 Å². The Hall–Kier alpha value is -2.58. The molecule has 0 radical (unpaired) electrons. The van der Waals surface area contributed by atoms with Crippen molar-refractivity contribution >= 4 is 21.6 Å². The van der Waals surface area contributed by atoms with Crippen LogP contribution in [0.25, 0.3) is 0 Å². The molecule has 1 amide bonds. The number of nitrogens with one attached hydrogen (secondary N) is 1. The Morgan fingerprint density at radius 3 is 2.40 bits per heavy atom. The van der Waals surface area contributed by atoms with Gasteiger partial charge < -0.3 is 14.8 Å². The molecule has 30 heavy (non-hydrogen) atoms. The monoisotopic (exact) mass is 432 g/mol. The average molecular weight is 433 g/mol. The standard InChI is InChI=1S/C22H28N2O5S/c1-3-28-20-12-9-18(15-21(20)30(26,27)24-13-5-4-6-14-24)23-22(25)16-29-19-10-7-17(2)8-11-19/h7-12,15H,3-6,13-14,16H2,1-2H3,(H,23,25). The summed E-state index contributed by atoms with van der Waals surface area (Å²) in [4.78, 5) is 12.4. The van der Waals surface area contributed by atoms with Crippen LogP contribution in [0.15, 0.2) is 47.4 Å². The first-order chi connectivity index (χ1) is 14.4. The van der Waals surface area contributed by atoms with Gasteiger partial charge in [0.15, 0.2) is 6.61 Å². The molecule has 0 unspecified atom stereocenters. The number of carbonyl (C=O) groups is 1. The van der Waals surface area contributed by atoms with E-state index in [1.165, 1.54) is 10.4 Å². The van der Waals surface area contributed by atoms with Crippen LogP contribution < -0.4 is 14.8 Å². The fourth-order valence-corrected chi connectivity index (χ4v) is 4.96. The lowest BCUT2D eigenvalue weighted by atomic mass is 10.2. The molecule has 7 nitrogen and oxygen atoms in total. The summed E-state index contributed by atoms with van der Waals surface area (Å²) in [6.45, 7) is 4.93. The lowest BCUT2D eigenvalue weighted by molar-refractivity contribution is -0.118. The number of carbonyl (C=O) groups excluding carboxylic acids is 1. The smallest absolute Gasteiger partial charge is 0.262 e. The van der Waals surface area contributed by atoms with E-state index in [-0.39, 0.29) is 23.2 Å². The molecule has 1 aliphatic heterocycles. The van der Waals surface area contributed by atoms with E-state index < -0.39 is 10.0 Å². The second kappa shape index (κ2) is 9.95. The zero-order valence-corrected chi connectivity index (χ0v) is 18.2. The lowest BCUT2D eigenvalue weighted by Gasteiger charge is -2.27. The van der Waals surface area contributed by atoms with Crippen molar-refractivity contribution in [3.8, 4) is 11.5 Å². The molecular formula is C22H28N2O5S. The third kappa shape index (κ3) is 5.52. The fourth-order valence-electron chi connectivity index (χ4n) is 3.29. The zero-order chi connectivity index (χ0) is 21.6. The van der Waals surface area contributed by atoms with Gasteiger partial charge in [-0.05, 0) is 57.0 Å². The van der Waals surface area contributed by atoms with Gasteiger partial charge in [0.25, 0.3) is 5.91 Å². The summed E-state index contributed by atoms with van der Waals surface area (Å²) in [5, 5.41) is 2.71. The molecule has 1 heterocycles. The Kier molecular flexibility index (Phi) is 7.33. The van der Waals surface area contributed by atoms with Crippen molar-refractivity contribution in [1.82, 2.24) is 4.31 Å². The van der Waals surface area contributed by atoms with Crippen molar-refractivity contribution in [1.29, 1.82) is 0 Å². The van der Waals surface area contributed by atoms with Gasteiger partial charge in [-0.2, -0.15) is 4.31 Å². The molecule has 0 bridgehead atoms. The van der Waals surface area contributed by atoms with Gasteiger partial charge in [0.05, 0.1) is 6.61 Å². The van der Waals surface area contributed by atoms with E-state index in [0.717, 1.165) is 24.8 Å². The molecule has 1 aliphatic rings. The first kappa shape index (κ1) is 22.1. The first-order valence-corrected chi connectivity index (χ1v) is 11.6. The van der Waals surface area contributed by atoms with Gasteiger partial charge in [0.1, 0.15) is 16.4 Å². The van der Waals surface area contributed by atoms with Crippen molar-refractivity contribution in [2.75, 3.05) is 31.6 Å². The minimum Gasteiger partial charge on any atom is -0.492 e. The normalized spacial score (nSPS) is 14.9. The van der Waals surface area contributed by atoms with Gasteiger partial charge in [-0.15, -0.1) is 0 Å². The van der Waals surface area contributed by atoms with E-state index in [2.05, 4.69) is 5.32 Å². The summed E-state index contributed by atoms with van der Waals surface area (Å²) in [6, 6.07) is 12.1. The first-order valence-electron chi connectivity index (χ1n) is 10.2. The molecule has 1 fully saturated rings. The van der Waals surface area contributed by atoms with Crippen LogP contribution in [-0.2, 0) is 14.8 Å². The second-order valence-electron chi connectivity index (χ2n) is 7.21. The lowest BCUT2D eigenvalue weighted by Crippen LogP contribution is -2.35. The molecule has 1 saturated heterocycles. The molecule has 3 rings (SSSR count). The van der Waals surface area contributed by atoms with Crippen LogP contribution in [0.3, 0.4) is 0 Å². The highest BCUT2D eigenvalue weighted by atomic mass is 32.2. The molecule has 0 spiro atoms. The summed E-state index contributed by atoms with van der Waals surface area (Å²) in [5.74, 6) is 0.508. The second-order valence-corrected chi connectivity index (χ2v) is 9.12. The van der Waals surface area contributed by atoms with Crippen LogP contribution in [0, 0.1) is 6.92 Å². The molecule has 2 aromatic carbocycles. The van der Waals surface area contributed by atoms with E-state index in [1.54, 1.807) is 31.2 Å². The average Bonchev–Trinajstić information content (AvgIpc) is 2.75. The molecule has 1 N–H and O–H groups in total. The van der Waals surface area contributed by atoms with Crippen LogP contribution in [0.5, 0.6) is 11.5 Å². The Bertz CT molecular complexity index is 968. The van der Waals surface area contributed by atoms with Crippen molar-refractivity contribution in [3.63, 3.8) is 0 Å². The van der Waals surface area contributed by atoms with Crippen molar-refractivity contribution < 1.29 is 22.7 Å². The molecule has 162 valence electrons. The van der Waals surface area contributed by atoms with Gasteiger partial charge in [-0.3, -0.25) is 4.79 Å². The summed E-state index contributed by atoms with van der Waals surface area (Å²) in [7, 11) is -3.71. The van der Waals surface area contributed by atoms with E-state index in [0.29, 0.717) is 31.1 Å². The molecule has 0 atom stereocenters. The third-order valence-electron chi connectivity index (χ3n) is 4.85. The third-order valence-corrected chi connectivity index (χ3v) is 6.77. The molecule has 0 saturated carbocycles. The van der Waals surface area contributed by atoms with Crippen LogP contribution in [-0.4, -0.2) is 44.9 Å². The Morgan fingerprint density at radius 1 is 1.03 bits per heavy atom. The molecule has 0 aliphatic carbocycles. The number of nitrogens with zero attached hydrogens (tertiary/aromatic N) is 1. The minimum atomic E-state index is -3.71. The van der Waals surface area contributed by atoms with Gasteiger partial charge >= 0.3 is 0 Å². The summed E-state index contributed by atoms with van der Waals surface area (Å²) in [6.07, 6.45) is 2.72. The van der Waals surface area contributed by atoms with E-state index in [1.807, 2.05) is 19.1 Å². The number of rotatable bonds is 8. The maximum atomic E-state index is 13.2. The predicted octanol–water partition coefficient (Wildman–Crippen LogP) is 3.59. The number of amides is 1. The number of anilines is 1. The minimum absolute atomic E-state index is 0.0727. The number of ether oxygens (including phenoxy) is 2. The molecule has 0 aromatic heterocycles. The number of sulfonamides is 1. The van der Waals surface area contributed by atoms with Gasteiger partial charge in [0, 0.05) is 18.8 Å². The van der Waals surface area contributed by atoms with Crippen LogP contribution in [0.4, 0.5) is 5.69 Å². The maximum Gasteiger partial charge on any atom is 0.262 e. The van der Waals surface area contributed by atoms with Crippen molar-refractivity contribution in [3.05, 3.63) is 48.0 Å². The quantitative estimate of drug-likeness (QED) is 0.689. The van der Waals surface area contributed by atoms with Crippen LogP contribution >= 0.6 is 0 Å². The number of hydrogen-bond donors (Lipinski definition) is 1.